The number of aromatic nitrogens is 2. The molecule has 21 heavy (non-hydrogen) atoms. The van der Waals surface area contributed by atoms with Crippen LogP contribution < -0.4 is 16.0 Å². The van der Waals surface area contributed by atoms with E-state index in [1.54, 1.807) is 0 Å². The number of hydrogen-bond donors (Lipinski definition) is 2. The van der Waals surface area contributed by atoms with E-state index in [-0.39, 0.29) is 0 Å². The zero-order chi connectivity index (χ0) is 14.7. The van der Waals surface area contributed by atoms with Gasteiger partial charge in [-0.25, -0.2) is 4.98 Å². The molecule has 3 N–H and O–H groups in total. The number of nitrogens with two attached hydrogens (primary N) is 1. The van der Waals surface area contributed by atoms with Crippen LogP contribution in [0, 0.1) is 0 Å². The molecule has 110 valence electrons. The fraction of sp³-hybridized carbons (Fsp3) is 0.375. The van der Waals surface area contributed by atoms with Gasteiger partial charge in [-0.3, -0.25) is 0 Å². The molecule has 0 unspecified atom stereocenters. The minimum Gasteiger partial charge on any atom is -0.368 e. The van der Waals surface area contributed by atoms with Gasteiger partial charge >= 0.3 is 0 Å². The summed E-state index contributed by atoms with van der Waals surface area (Å²) >= 11 is 0. The van der Waals surface area contributed by atoms with Crippen molar-refractivity contribution in [3.8, 4) is 0 Å². The number of piperazine rings is 1. The molecule has 0 amide bonds. The first-order chi connectivity index (χ1) is 10.3. The van der Waals surface area contributed by atoms with Gasteiger partial charge in [0, 0.05) is 37.4 Å². The van der Waals surface area contributed by atoms with Gasteiger partial charge in [-0.05, 0) is 12.0 Å². The molecule has 1 aromatic heterocycles. The van der Waals surface area contributed by atoms with Gasteiger partial charge in [-0.2, -0.15) is 4.98 Å². The van der Waals surface area contributed by atoms with E-state index in [1.165, 1.54) is 5.56 Å². The number of benzene rings is 1. The fourth-order valence-electron chi connectivity index (χ4n) is 2.79. The average Bonchev–Trinajstić information content (AvgIpc) is 2.56. The summed E-state index contributed by atoms with van der Waals surface area (Å²) in [6.07, 6.45) is 2.76. The highest BCUT2D eigenvalue weighted by Crippen LogP contribution is 2.24. The second-order valence-corrected chi connectivity index (χ2v) is 5.29. The highest BCUT2D eigenvalue weighted by atomic mass is 15.3. The van der Waals surface area contributed by atoms with Crippen molar-refractivity contribution in [1.29, 1.82) is 0 Å². The summed E-state index contributed by atoms with van der Waals surface area (Å²) in [5, 5.41) is 3.57. The van der Waals surface area contributed by atoms with Gasteiger partial charge < -0.3 is 16.0 Å². The maximum atomic E-state index is 5.77. The third-order valence-electron chi connectivity index (χ3n) is 3.92. The molecule has 1 aliphatic heterocycles. The SMILES string of the molecule is CCc1cnc(N)nc1N1CCN[C@H](c2ccccc2)C1. The van der Waals surface area contributed by atoms with Crippen LogP contribution in [0.3, 0.4) is 0 Å². The van der Waals surface area contributed by atoms with E-state index < -0.39 is 0 Å². The van der Waals surface area contributed by atoms with E-state index in [2.05, 4.69) is 51.4 Å². The van der Waals surface area contributed by atoms with Crippen LogP contribution >= 0.6 is 0 Å². The minimum absolute atomic E-state index is 0.320. The lowest BCUT2D eigenvalue weighted by Gasteiger charge is -2.35. The van der Waals surface area contributed by atoms with Gasteiger partial charge in [0.25, 0.3) is 0 Å². The van der Waals surface area contributed by atoms with Crippen LogP contribution in [0.2, 0.25) is 0 Å². The number of hydrogen-bond acceptors (Lipinski definition) is 5. The lowest BCUT2D eigenvalue weighted by Crippen LogP contribution is -2.46. The lowest BCUT2D eigenvalue weighted by atomic mass is 10.0. The summed E-state index contributed by atoms with van der Waals surface area (Å²) in [5.74, 6) is 1.32. The fourth-order valence-corrected chi connectivity index (χ4v) is 2.79. The quantitative estimate of drug-likeness (QED) is 0.898. The van der Waals surface area contributed by atoms with Crippen molar-refractivity contribution in [2.75, 3.05) is 30.3 Å². The molecule has 1 atom stereocenters. The van der Waals surface area contributed by atoms with Crippen molar-refractivity contribution in [3.05, 3.63) is 47.7 Å². The minimum atomic E-state index is 0.320. The van der Waals surface area contributed by atoms with E-state index >= 15 is 0 Å². The molecule has 1 aliphatic rings. The molecule has 0 spiro atoms. The number of nitrogen functional groups attached to an aromatic ring is 1. The smallest absolute Gasteiger partial charge is 0.221 e. The number of nitrogens with one attached hydrogen (secondary N) is 1. The Morgan fingerprint density at radius 3 is 2.90 bits per heavy atom. The molecule has 1 fully saturated rings. The Labute approximate surface area is 125 Å². The molecule has 1 saturated heterocycles. The van der Waals surface area contributed by atoms with E-state index in [9.17, 15) is 0 Å². The van der Waals surface area contributed by atoms with Gasteiger partial charge in [0.1, 0.15) is 5.82 Å². The van der Waals surface area contributed by atoms with Gasteiger partial charge in [0.05, 0.1) is 0 Å². The van der Waals surface area contributed by atoms with Gasteiger partial charge in [-0.1, -0.05) is 37.3 Å². The number of aryl methyl sites for hydroxylation is 1. The van der Waals surface area contributed by atoms with Crippen LogP contribution in [0.4, 0.5) is 11.8 Å². The van der Waals surface area contributed by atoms with Crippen LogP contribution in [0.25, 0.3) is 0 Å². The van der Waals surface area contributed by atoms with Crippen molar-refractivity contribution in [3.63, 3.8) is 0 Å². The third kappa shape index (κ3) is 2.97. The van der Waals surface area contributed by atoms with Crippen molar-refractivity contribution in [2.45, 2.75) is 19.4 Å². The molecule has 0 radical (unpaired) electrons. The predicted octanol–water partition coefficient (Wildman–Crippen LogP) is 1.77. The Balaban J connectivity index is 1.85. The molecule has 0 saturated carbocycles. The molecule has 2 aromatic rings. The summed E-state index contributed by atoms with van der Waals surface area (Å²) in [6, 6.07) is 10.9. The lowest BCUT2D eigenvalue weighted by molar-refractivity contribution is 0.469. The topological polar surface area (TPSA) is 67.1 Å². The Kier molecular flexibility index (Phi) is 4.01. The first-order valence-corrected chi connectivity index (χ1v) is 7.42. The predicted molar refractivity (Wildman–Crippen MR) is 85.2 cm³/mol. The molecule has 5 heteroatoms. The van der Waals surface area contributed by atoms with Crippen molar-refractivity contribution >= 4 is 11.8 Å². The summed E-state index contributed by atoms with van der Waals surface area (Å²) in [4.78, 5) is 10.9. The molecule has 0 bridgehead atoms. The van der Waals surface area contributed by atoms with Gasteiger partial charge in [-0.15, -0.1) is 0 Å². The van der Waals surface area contributed by atoms with E-state index in [4.69, 9.17) is 5.73 Å². The number of rotatable bonds is 3. The van der Waals surface area contributed by atoms with Crippen LogP contribution in [-0.4, -0.2) is 29.6 Å². The number of anilines is 2. The van der Waals surface area contributed by atoms with Crippen LogP contribution in [0.5, 0.6) is 0 Å². The zero-order valence-corrected chi connectivity index (χ0v) is 12.3. The van der Waals surface area contributed by atoms with Crippen LogP contribution in [0.15, 0.2) is 36.5 Å². The second-order valence-electron chi connectivity index (χ2n) is 5.29. The molecule has 5 nitrogen and oxygen atoms in total. The van der Waals surface area contributed by atoms with Crippen LogP contribution in [0.1, 0.15) is 24.1 Å². The summed E-state index contributed by atoms with van der Waals surface area (Å²) in [7, 11) is 0. The van der Waals surface area contributed by atoms with Crippen LogP contribution in [-0.2, 0) is 6.42 Å². The van der Waals surface area contributed by atoms with E-state index in [0.29, 0.717) is 12.0 Å². The first kappa shape index (κ1) is 13.8. The highest BCUT2D eigenvalue weighted by molar-refractivity contribution is 5.49. The summed E-state index contributed by atoms with van der Waals surface area (Å²) in [5.41, 5.74) is 8.23. The van der Waals surface area contributed by atoms with E-state index in [1.807, 2.05) is 12.3 Å². The van der Waals surface area contributed by atoms with Gasteiger partial charge in [0.15, 0.2) is 0 Å². The highest BCUT2D eigenvalue weighted by Gasteiger charge is 2.23. The molecular weight excluding hydrogens is 262 g/mol. The van der Waals surface area contributed by atoms with Crippen molar-refractivity contribution in [1.82, 2.24) is 15.3 Å². The molecule has 0 aliphatic carbocycles. The largest absolute Gasteiger partial charge is 0.368 e. The second kappa shape index (κ2) is 6.10. The van der Waals surface area contributed by atoms with E-state index in [0.717, 1.165) is 37.4 Å². The molecule has 2 heterocycles. The zero-order valence-electron chi connectivity index (χ0n) is 12.3. The molecular formula is C16H21N5. The monoisotopic (exact) mass is 283 g/mol. The average molecular weight is 283 g/mol. The van der Waals surface area contributed by atoms with Crippen molar-refractivity contribution < 1.29 is 0 Å². The Morgan fingerprint density at radius 2 is 2.14 bits per heavy atom. The third-order valence-corrected chi connectivity index (χ3v) is 3.92. The normalized spacial score (nSPS) is 18.7. The summed E-state index contributed by atoms with van der Waals surface area (Å²) in [6.45, 7) is 4.89. The molecule has 1 aromatic carbocycles. The standard InChI is InChI=1S/C16H21N5/c1-2-12-10-19-16(17)20-15(12)21-9-8-18-14(11-21)13-6-4-3-5-7-13/h3-7,10,14,18H,2,8-9,11H2,1H3,(H2,17,19,20)/t14-/m0/s1. The maximum absolute atomic E-state index is 5.77. The Hall–Kier alpha value is -2.14. The van der Waals surface area contributed by atoms with Gasteiger partial charge in [0.2, 0.25) is 5.95 Å². The summed E-state index contributed by atoms with van der Waals surface area (Å²) < 4.78 is 0. The first-order valence-electron chi connectivity index (χ1n) is 7.42. The maximum Gasteiger partial charge on any atom is 0.221 e. The number of nitrogens with zero attached hydrogens (tertiary/aromatic N) is 3. The molecule has 3 rings (SSSR count). The Bertz CT molecular complexity index is 599. The Morgan fingerprint density at radius 1 is 1.33 bits per heavy atom. The van der Waals surface area contributed by atoms with Crippen molar-refractivity contribution in [2.24, 2.45) is 0 Å².